The Labute approximate surface area is 154 Å². The van der Waals surface area contributed by atoms with Crippen LogP contribution in [0.4, 0.5) is 4.39 Å². The molecule has 1 aromatic heterocycles. The summed E-state index contributed by atoms with van der Waals surface area (Å²) >= 11 is 2.73. The second-order valence-corrected chi connectivity index (χ2v) is 7.64. The van der Waals surface area contributed by atoms with Crippen LogP contribution in [0.3, 0.4) is 0 Å². The van der Waals surface area contributed by atoms with Gasteiger partial charge in [0.15, 0.2) is 4.34 Å². The average molecular weight is 382 g/mol. The number of hydrogen-bond donors (Lipinski definition) is 1. The summed E-state index contributed by atoms with van der Waals surface area (Å²) in [6.45, 7) is 4.23. The lowest BCUT2D eigenvalue weighted by Crippen LogP contribution is -2.30. The fourth-order valence-corrected chi connectivity index (χ4v) is 3.93. The molecular formula is C17H19FN2O3S2. The predicted molar refractivity (Wildman–Crippen MR) is 96.0 cm³/mol. The minimum atomic E-state index is -0.331. The second-order valence-electron chi connectivity index (χ2n) is 5.19. The molecule has 1 N–H and O–H groups in total. The lowest BCUT2D eigenvalue weighted by atomic mass is 10.2. The zero-order valence-corrected chi connectivity index (χ0v) is 15.6. The number of ether oxygens (including phenoxy) is 1. The lowest BCUT2D eigenvalue weighted by Gasteiger charge is -2.10. The lowest BCUT2D eigenvalue weighted by molar-refractivity contribution is -0.142. The highest BCUT2D eigenvalue weighted by Gasteiger charge is 2.17. The molecule has 1 aromatic carbocycles. The molecule has 0 aliphatic rings. The van der Waals surface area contributed by atoms with Crippen molar-refractivity contribution < 1.29 is 18.7 Å². The summed E-state index contributed by atoms with van der Waals surface area (Å²) < 4.78 is 18.5. The summed E-state index contributed by atoms with van der Waals surface area (Å²) in [5.74, 6) is -0.743. The van der Waals surface area contributed by atoms with E-state index in [2.05, 4.69) is 10.3 Å². The number of benzene rings is 1. The van der Waals surface area contributed by atoms with E-state index in [4.69, 9.17) is 4.74 Å². The standard InChI is InChI=1S/C17H19FN2O3S2/c1-3-23-15(21)8-14-10-24-17(20-14)25-11(2)16(22)19-9-12-4-6-13(18)7-5-12/h4-7,10-11H,3,8-9H2,1-2H3,(H,19,22)/t11-/m1/s1. The molecule has 134 valence electrons. The van der Waals surface area contributed by atoms with Gasteiger partial charge < -0.3 is 10.1 Å². The quantitative estimate of drug-likeness (QED) is 0.561. The maximum atomic E-state index is 12.9. The van der Waals surface area contributed by atoms with Crippen LogP contribution in [-0.4, -0.2) is 28.7 Å². The number of carbonyl (C=O) groups is 2. The molecule has 5 nitrogen and oxygen atoms in total. The number of hydrogen-bond acceptors (Lipinski definition) is 6. The molecule has 8 heteroatoms. The molecule has 1 heterocycles. The smallest absolute Gasteiger partial charge is 0.311 e. The van der Waals surface area contributed by atoms with Gasteiger partial charge in [0.1, 0.15) is 5.82 Å². The third kappa shape index (κ3) is 6.47. The Kier molecular flexibility index (Phi) is 7.39. The number of aromatic nitrogens is 1. The first-order valence-electron chi connectivity index (χ1n) is 7.76. The first kappa shape index (κ1) is 19.4. The van der Waals surface area contributed by atoms with Crippen molar-refractivity contribution in [2.24, 2.45) is 0 Å². The molecule has 0 unspecified atom stereocenters. The van der Waals surface area contributed by atoms with E-state index in [-0.39, 0.29) is 29.4 Å². The molecule has 0 bridgehead atoms. The molecule has 2 aromatic rings. The fraction of sp³-hybridized carbons (Fsp3) is 0.353. The van der Waals surface area contributed by atoms with E-state index in [1.165, 1.54) is 35.2 Å². The maximum absolute atomic E-state index is 12.9. The van der Waals surface area contributed by atoms with Gasteiger partial charge in [0.25, 0.3) is 0 Å². The van der Waals surface area contributed by atoms with Crippen LogP contribution >= 0.6 is 23.1 Å². The molecule has 0 aliphatic heterocycles. The summed E-state index contributed by atoms with van der Waals surface area (Å²) in [4.78, 5) is 27.9. The highest BCUT2D eigenvalue weighted by Crippen LogP contribution is 2.27. The third-order valence-corrected chi connectivity index (χ3v) is 5.31. The molecule has 25 heavy (non-hydrogen) atoms. The second kappa shape index (κ2) is 9.53. The van der Waals surface area contributed by atoms with E-state index >= 15 is 0 Å². The zero-order chi connectivity index (χ0) is 18.2. The number of thiazole rings is 1. The minimum Gasteiger partial charge on any atom is -0.466 e. The SMILES string of the molecule is CCOC(=O)Cc1csc(S[C@H](C)C(=O)NCc2ccc(F)cc2)n1. The largest absolute Gasteiger partial charge is 0.466 e. The van der Waals surface area contributed by atoms with E-state index in [1.807, 2.05) is 0 Å². The van der Waals surface area contributed by atoms with Crippen LogP contribution in [0.15, 0.2) is 34.0 Å². The normalized spacial score (nSPS) is 11.8. The Balaban J connectivity index is 1.81. The average Bonchev–Trinajstić information content (AvgIpc) is 3.01. The van der Waals surface area contributed by atoms with Gasteiger partial charge in [0.2, 0.25) is 5.91 Å². The van der Waals surface area contributed by atoms with E-state index in [0.29, 0.717) is 18.8 Å². The van der Waals surface area contributed by atoms with Gasteiger partial charge in [0.05, 0.1) is 24.0 Å². The van der Waals surface area contributed by atoms with Gasteiger partial charge in [-0.3, -0.25) is 9.59 Å². The van der Waals surface area contributed by atoms with E-state index in [9.17, 15) is 14.0 Å². The van der Waals surface area contributed by atoms with Crippen LogP contribution in [0.1, 0.15) is 25.1 Å². The van der Waals surface area contributed by atoms with Crippen molar-refractivity contribution in [3.05, 3.63) is 46.7 Å². The summed E-state index contributed by atoms with van der Waals surface area (Å²) in [6.07, 6.45) is 0.135. The number of nitrogens with zero attached hydrogens (tertiary/aromatic N) is 1. The highest BCUT2D eigenvalue weighted by molar-refractivity contribution is 8.02. The van der Waals surface area contributed by atoms with Gasteiger partial charge in [-0.2, -0.15) is 0 Å². The minimum absolute atomic E-state index is 0.128. The maximum Gasteiger partial charge on any atom is 0.311 e. The first-order valence-corrected chi connectivity index (χ1v) is 9.52. The number of halogens is 1. The van der Waals surface area contributed by atoms with Crippen molar-refractivity contribution in [2.75, 3.05) is 6.61 Å². The molecule has 1 amide bonds. The van der Waals surface area contributed by atoms with Crippen LogP contribution in [-0.2, 0) is 27.3 Å². The molecule has 0 saturated heterocycles. The molecule has 1 atom stereocenters. The fourth-order valence-electron chi connectivity index (χ4n) is 1.92. The van der Waals surface area contributed by atoms with E-state index in [0.717, 1.165) is 9.90 Å². The number of carbonyl (C=O) groups excluding carboxylic acids is 2. The molecule has 0 saturated carbocycles. The van der Waals surface area contributed by atoms with Crippen molar-refractivity contribution in [1.82, 2.24) is 10.3 Å². The summed E-state index contributed by atoms with van der Waals surface area (Å²) in [5, 5.41) is 4.28. The summed E-state index contributed by atoms with van der Waals surface area (Å²) in [7, 11) is 0. The predicted octanol–water partition coefficient (Wildman–Crippen LogP) is 3.18. The number of amides is 1. The Hall–Kier alpha value is -1.93. The van der Waals surface area contributed by atoms with Gasteiger partial charge in [0, 0.05) is 11.9 Å². The molecular weight excluding hydrogens is 363 g/mol. The zero-order valence-electron chi connectivity index (χ0n) is 14.0. The Morgan fingerprint density at radius 2 is 2.08 bits per heavy atom. The van der Waals surface area contributed by atoms with Crippen LogP contribution in [0, 0.1) is 5.82 Å². The Morgan fingerprint density at radius 1 is 1.36 bits per heavy atom. The first-order chi connectivity index (χ1) is 12.0. The monoisotopic (exact) mass is 382 g/mol. The van der Waals surface area contributed by atoms with E-state index < -0.39 is 0 Å². The van der Waals surface area contributed by atoms with Crippen molar-refractivity contribution in [3.8, 4) is 0 Å². The molecule has 0 spiro atoms. The molecule has 0 radical (unpaired) electrons. The van der Waals surface area contributed by atoms with Gasteiger partial charge in [-0.1, -0.05) is 23.9 Å². The highest BCUT2D eigenvalue weighted by atomic mass is 32.2. The van der Waals surface area contributed by atoms with Gasteiger partial charge >= 0.3 is 5.97 Å². The number of rotatable bonds is 8. The number of esters is 1. The molecule has 0 fully saturated rings. The summed E-state index contributed by atoms with van der Waals surface area (Å²) in [5.41, 5.74) is 1.47. The summed E-state index contributed by atoms with van der Waals surface area (Å²) in [6, 6.07) is 5.99. The molecule has 0 aliphatic carbocycles. The van der Waals surface area contributed by atoms with Crippen molar-refractivity contribution >= 4 is 35.0 Å². The Bertz CT molecular complexity index is 719. The van der Waals surface area contributed by atoms with E-state index in [1.54, 1.807) is 31.4 Å². The Morgan fingerprint density at radius 3 is 2.76 bits per heavy atom. The molecule has 2 rings (SSSR count). The van der Waals surface area contributed by atoms with Gasteiger partial charge in [-0.05, 0) is 31.5 Å². The van der Waals surface area contributed by atoms with Crippen molar-refractivity contribution in [2.45, 2.75) is 36.4 Å². The topological polar surface area (TPSA) is 68.3 Å². The van der Waals surface area contributed by atoms with Crippen LogP contribution in [0.2, 0.25) is 0 Å². The van der Waals surface area contributed by atoms with Crippen LogP contribution in [0.25, 0.3) is 0 Å². The van der Waals surface area contributed by atoms with Crippen molar-refractivity contribution in [3.63, 3.8) is 0 Å². The van der Waals surface area contributed by atoms with Gasteiger partial charge in [-0.15, -0.1) is 11.3 Å². The number of thioether (sulfide) groups is 1. The van der Waals surface area contributed by atoms with Crippen molar-refractivity contribution in [1.29, 1.82) is 0 Å². The van der Waals surface area contributed by atoms with Gasteiger partial charge in [-0.25, -0.2) is 9.37 Å². The van der Waals surface area contributed by atoms with Crippen LogP contribution < -0.4 is 5.32 Å². The third-order valence-electron chi connectivity index (χ3n) is 3.19. The van der Waals surface area contributed by atoms with Crippen LogP contribution in [0.5, 0.6) is 0 Å². The number of nitrogens with one attached hydrogen (secondary N) is 1.